The Bertz CT molecular complexity index is 946. The summed E-state index contributed by atoms with van der Waals surface area (Å²) in [6.45, 7) is 5.50. The highest BCUT2D eigenvalue weighted by Crippen LogP contribution is 2.31. The van der Waals surface area contributed by atoms with Gasteiger partial charge in [-0.25, -0.2) is 9.50 Å². The molecule has 0 bridgehead atoms. The van der Waals surface area contributed by atoms with Crippen molar-refractivity contribution in [2.24, 2.45) is 5.92 Å². The van der Waals surface area contributed by atoms with Gasteiger partial charge in [0.15, 0.2) is 5.65 Å². The summed E-state index contributed by atoms with van der Waals surface area (Å²) in [6.07, 6.45) is 7.19. The first-order chi connectivity index (χ1) is 13.1. The molecule has 0 unspecified atom stereocenters. The Balaban J connectivity index is 1.55. The van der Waals surface area contributed by atoms with Crippen molar-refractivity contribution in [3.05, 3.63) is 60.0 Å². The van der Waals surface area contributed by atoms with Gasteiger partial charge in [0.25, 0.3) is 5.91 Å². The third-order valence-corrected chi connectivity index (χ3v) is 4.59. The van der Waals surface area contributed by atoms with E-state index in [1.165, 1.54) is 0 Å². The molecule has 0 atom stereocenters. The SMILES string of the molecule is CC(C)COc1cccc(CN(C(=O)c2cnn3cccnc23)C2CC2)c1. The van der Waals surface area contributed by atoms with Crippen molar-refractivity contribution in [3.8, 4) is 5.75 Å². The average molecular weight is 364 g/mol. The lowest BCUT2D eigenvalue weighted by Gasteiger charge is -2.22. The van der Waals surface area contributed by atoms with Crippen LogP contribution in [-0.4, -0.2) is 38.1 Å². The highest BCUT2D eigenvalue weighted by Gasteiger charge is 2.34. The van der Waals surface area contributed by atoms with E-state index in [0.29, 0.717) is 30.3 Å². The van der Waals surface area contributed by atoms with Crippen molar-refractivity contribution in [1.82, 2.24) is 19.5 Å². The van der Waals surface area contributed by atoms with Crippen molar-refractivity contribution in [1.29, 1.82) is 0 Å². The normalized spacial score (nSPS) is 13.9. The molecule has 1 fully saturated rings. The molecule has 2 aromatic heterocycles. The minimum Gasteiger partial charge on any atom is -0.493 e. The Kier molecular flexibility index (Phi) is 4.79. The fourth-order valence-corrected chi connectivity index (χ4v) is 3.08. The molecule has 2 heterocycles. The number of rotatable bonds is 7. The van der Waals surface area contributed by atoms with Crippen LogP contribution in [0.3, 0.4) is 0 Å². The van der Waals surface area contributed by atoms with E-state index < -0.39 is 0 Å². The van der Waals surface area contributed by atoms with Crippen molar-refractivity contribution >= 4 is 11.6 Å². The first-order valence-electron chi connectivity index (χ1n) is 9.43. The van der Waals surface area contributed by atoms with Gasteiger partial charge in [0.1, 0.15) is 11.3 Å². The van der Waals surface area contributed by atoms with E-state index in [1.54, 1.807) is 29.2 Å². The van der Waals surface area contributed by atoms with Crippen LogP contribution in [0.2, 0.25) is 0 Å². The van der Waals surface area contributed by atoms with Crippen LogP contribution in [0.4, 0.5) is 0 Å². The molecule has 6 heteroatoms. The van der Waals surface area contributed by atoms with Gasteiger partial charge in [-0.15, -0.1) is 0 Å². The molecule has 1 aliphatic rings. The number of fused-ring (bicyclic) bond motifs is 1. The van der Waals surface area contributed by atoms with E-state index >= 15 is 0 Å². The van der Waals surface area contributed by atoms with Crippen molar-refractivity contribution in [2.75, 3.05) is 6.61 Å². The van der Waals surface area contributed by atoms with Gasteiger partial charge in [-0.2, -0.15) is 5.10 Å². The van der Waals surface area contributed by atoms with Crippen LogP contribution in [0.15, 0.2) is 48.9 Å². The second-order valence-electron chi connectivity index (χ2n) is 7.46. The zero-order chi connectivity index (χ0) is 18.8. The summed E-state index contributed by atoms with van der Waals surface area (Å²) in [6, 6.07) is 10.1. The molecule has 0 saturated heterocycles. The molecule has 4 rings (SSSR count). The van der Waals surface area contributed by atoms with E-state index in [2.05, 4.69) is 23.9 Å². The Morgan fingerprint density at radius 2 is 2.19 bits per heavy atom. The summed E-state index contributed by atoms with van der Waals surface area (Å²) in [5, 5.41) is 4.25. The summed E-state index contributed by atoms with van der Waals surface area (Å²) in [7, 11) is 0. The summed E-state index contributed by atoms with van der Waals surface area (Å²) in [5.41, 5.74) is 2.22. The molecule has 0 aliphatic heterocycles. The zero-order valence-corrected chi connectivity index (χ0v) is 15.7. The number of nitrogens with zero attached hydrogens (tertiary/aromatic N) is 4. The molecule has 6 nitrogen and oxygen atoms in total. The van der Waals surface area contributed by atoms with E-state index in [0.717, 1.165) is 24.2 Å². The van der Waals surface area contributed by atoms with Crippen LogP contribution in [0.1, 0.15) is 42.6 Å². The molecule has 0 spiro atoms. The van der Waals surface area contributed by atoms with Gasteiger partial charge >= 0.3 is 0 Å². The third kappa shape index (κ3) is 3.94. The maximum absolute atomic E-state index is 13.2. The van der Waals surface area contributed by atoms with Crippen LogP contribution in [0.25, 0.3) is 5.65 Å². The predicted octanol–water partition coefficient (Wildman–Crippen LogP) is 3.57. The van der Waals surface area contributed by atoms with E-state index in [9.17, 15) is 4.79 Å². The maximum Gasteiger partial charge on any atom is 0.259 e. The fraction of sp³-hybridized carbons (Fsp3) is 0.381. The Morgan fingerprint density at radius 1 is 1.33 bits per heavy atom. The fourth-order valence-electron chi connectivity index (χ4n) is 3.08. The summed E-state index contributed by atoms with van der Waals surface area (Å²) < 4.78 is 7.47. The van der Waals surface area contributed by atoms with Crippen molar-refractivity contribution in [2.45, 2.75) is 39.3 Å². The van der Waals surface area contributed by atoms with Crippen molar-refractivity contribution in [3.63, 3.8) is 0 Å². The molecule has 27 heavy (non-hydrogen) atoms. The standard InChI is InChI=1S/C21H24N4O2/c1-15(2)14-27-18-6-3-5-16(11-18)13-24(17-7-8-17)21(26)19-12-23-25-10-4-9-22-20(19)25/h3-6,9-12,15,17H,7-8,13-14H2,1-2H3. The number of carbonyl (C=O) groups is 1. The summed E-state index contributed by atoms with van der Waals surface area (Å²) >= 11 is 0. The molecule has 3 aromatic rings. The van der Waals surface area contributed by atoms with Gasteiger partial charge in [-0.1, -0.05) is 26.0 Å². The Labute approximate surface area is 158 Å². The zero-order valence-electron chi connectivity index (χ0n) is 15.7. The largest absolute Gasteiger partial charge is 0.493 e. The Morgan fingerprint density at radius 3 is 2.96 bits per heavy atom. The van der Waals surface area contributed by atoms with Crippen LogP contribution in [-0.2, 0) is 6.54 Å². The maximum atomic E-state index is 13.2. The number of aromatic nitrogens is 3. The summed E-state index contributed by atoms with van der Waals surface area (Å²) in [5.74, 6) is 1.31. The number of amides is 1. The van der Waals surface area contributed by atoms with Crippen LogP contribution < -0.4 is 4.74 Å². The average Bonchev–Trinajstić information content (AvgIpc) is 3.42. The molecule has 1 aliphatic carbocycles. The molecule has 1 amide bonds. The molecule has 1 saturated carbocycles. The van der Waals surface area contributed by atoms with Crippen LogP contribution >= 0.6 is 0 Å². The first-order valence-corrected chi connectivity index (χ1v) is 9.43. The van der Waals surface area contributed by atoms with E-state index in [-0.39, 0.29) is 11.9 Å². The smallest absolute Gasteiger partial charge is 0.259 e. The lowest BCUT2D eigenvalue weighted by molar-refractivity contribution is 0.0731. The quantitative estimate of drug-likeness (QED) is 0.643. The van der Waals surface area contributed by atoms with E-state index in [1.807, 2.05) is 29.2 Å². The van der Waals surface area contributed by atoms with Crippen LogP contribution in [0, 0.1) is 5.92 Å². The second kappa shape index (κ2) is 7.39. The molecule has 0 radical (unpaired) electrons. The molecule has 1 aromatic carbocycles. The predicted molar refractivity (Wildman–Crippen MR) is 103 cm³/mol. The first kappa shape index (κ1) is 17.5. The monoisotopic (exact) mass is 364 g/mol. The molecule has 0 N–H and O–H groups in total. The summed E-state index contributed by atoms with van der Waals surface area (Å²) in [4.78, 5) is 19.5. The second-order valence-corrected chi connectivity index (χ2v) is 7.46. The topological polar surface area (TPSA) is 59.7 Å². The third-order valence-electron chi connectivity index (χ3n) is 4.59. The lowest BCUT2D eigenvalue weighted by Crippen LogP contribution is -2.32. The van der Waals surface area contributed by atoms with Gasteiger partial charge in [-0.3, -0.25) is 4.79 Å². The van der Waals surface area contributed by atoms with Gasteiger partial charge < -0.3 is 9.64 Å². The Hall–Kier alpha value is -2.89. The highest BCUT2D eigenvalue weighted by molar-refractivity contribution is 5.99. The lowest BCUT2D eigenvalue weighted by atomic mass is 10.1. The highest BCUT2D eigenvalue weighted by atomic mass is 16.5. The minimum absolute atomic E-state index is 0.0142. The van der Waals surface area contributed by atoms with Crippen LogP contribution in [0.5, 0.6) is 5.75 Å². The number of carbonyl (C=O) groups excluding carboxylic acids is 1. The van der Waals surface area contributed by atoms with Gasteiger partial charge in [-0.05, 0) is 42.5 Å². The number of ether oxygens (including phenoxy) is 1. The molecule has 140 valence electrons. The molecular formula is C21H24N4O2. The minimum atomic E-state index is -0.0142. The van der Waals surface area contributed by atoms with Gasteiger partial charge in [0.05, 0.1) is 12.8 Å². The van der Waals surface area contributed by atoms with Gasteiger partial charge in [0, 0.05) is 25.0 Å². The molecular weight excluding hydrogens is 340 g/mol. The van der Waals surface area contributed by atoms with Crippen molar-refractivity contribution < 1.29 is 9.53 Å². The number of hydrogen-bond acceptors (Lipinski definition) is 4. The van der Waals surface area contributed by atoms with Gasteiger partial charge in [0.2, 0.25) is 0 Å². The number of benzene rings is 1. The number of hydrogen-bond donors (Lipinski definition) is 0. The van der Waals surface area contributed by atoms with E-state index in [4.69, 9.17) is 4.74 Å².